The van der Waals surface area contributed by atoms with Gasteiger partial charge in [-0.1, -0.05) is 42.0 Å². The van der Waals surface area contributed by atoms with Gasteiger partial charge in [0.15, 0.2) is 0 Å². The van der Waals surface area contributed by atoms with Gasteiger partial charge in [-0.05, 0) is 74.7 Å². The largest absolute Gasteiger partial charge is 0.464 e. The first-order valence-electron chi connectivity index (χ1n) is 11.3. The van der Waals surface area contributed by atoms with Gasteiger partial charge in [0.05, 0.1) is 16.3 Å². The van der Waals surface area contributed by atoms with E-state index in [0.717, 1.165) is 39.3 Å². The molecule has 186 valence electrons. The summed E-state index contributed by atoms with van der Waals surface area (Å²) in [6.07, 6.45) is -1.31. The second-order valence-electron chi connectivity index (χ2n) is 8.55. The lowest BCUT2D eigenvalue weighted by Crippen LogP contribution is -2.37. The maximum absolute atomic E-state index is 13.3. The van der Waals surface area contributed by atoms with Gasteiger partial charge in [0.25, 0.3) is 10.0 Å². The normalized spacial score (nSPS) is 11.4. The lowest BCUT2D eigenvalue weighted by Gasteiger charge is -2.19. The maximum Gasteiger partial charge on any atom is 0.421 e. The number of hydrogen-bond acceptors (Lipinski definition) is 4. The molecule has 0 unspecified atom stereocenters. The monoisotopic (exact) mass is 507 g/mol. The summed E-state index contributed by atoms with van der Waals surface area (Å²) < 4.78 is 41.3. The van der Waals surface area contributed by atoms with Crippen LogP contribution in [0.1, 0.15) is 22.5 Å². The zero-order valence-corrected chi connectivity index (χ0v) is 21.0. The first kappa shape index (κ1) is 25.1. The second-order valence-corrected chi connectivity index (χ2v) is 10.4. The van der Waals surface area contributed by atoms with Crippen molar-refractivity contribution in [1.29, 1.82) is 0 Å². The van der Waals surface area contributed by atoms with Gasteiger partial charge in [-0.3, -0.25) is 0 Å². The molecule has 0 atom stereocenters. The van der Waals surface area contributed by atoms with Gasteiger partial charge in [-0.2, -0.15) is 5.10 Å². The van der Waals surface area contributed by atoms with E-state index in [-0.39, 0.29) is 23.7 Å². The van der Waals surface area contributed by atoms with Crippen LogP contribution in [0.2, 0.25) is 0 Å². The van der Waals surface area contributed by atoms with E-state index in [9.17, 15) is 22.7 Å². The molecule has 0 radical (unpaired) electrons. The predicted molar refractivity (Wildman–Crippen MR) is 135 cm³/mol. The number of aromatic nitrogens is 2. The molecule has 4 rings (SSSR count). The zero-order valence-electron chi connectivity index (χ0n) is 20.1. The van der Waals surface area contributed by atoms with Crippen molar-refractivity contribution in [2.24, 2.45) is 0 Å². The molecule has 0 saturated carbocycles. The Bertz CT molecular complexity index is 1490. The topological polar surface area (TPSA) is 92.5 Å². The van der Waals surface area contributed by atoms with Gasteiger partial charge in [0.1, 0.15) is 5.82 Å². The van der Waals surface area contributed by atoms with Crippen LogP contribution in [0.4, 0.5) is 9.18 Å². The fraction of sp³-hybridized carbons (Fsp3) is 0.185. The summed E-state index contributed by atoms with van der Waals surface area (Å²) in [5.41, 5.74) is 5.97. The fourth-order valence-corrected chi connectivity index (χ4v) is 5.39. The minimum Gasteiger partial charge on any atom is -0.464 e. The smallest absolute Gasteiger partial charge is 0.421 e. The molecule has 0 bridgehead atoms. The SMILES string of the molecule is Cc1ccc(S(=O)(=O)N(CCc2ccc(-n3nc(C)c(-c4ccc(F)cc4)c3C)cc2)C(=O)O)cc1. The highest BCUT2D eigenvalue weighted by Gasteiger charge is 2.28. The number of sulfonamides is 1. The fourth-order valence-electron chi connectivity index (χ4n) is 4.12. The molecular weight excluding hydrogens is 481 g/mol. The Morgan fingerprint density at radius 3 is 2.14 bits per heavy atom. The van der Waals surface area contributed by atoms with Crippen molar-refractivity contribution >= 4 is 16.1 Å². The Hall–Kier alpha value is -3.98. The molecule has 0 spiro atoms. The molecule has 4 aromatic rings. The molecule has 1 heterocycles. The number of carboxylic acid groups (broad SMARTS) is 1. The number of halogens is 1. The molecule has 1 N–H and O–H groups in total. The zero-order chi connectivity index (χ0) is 26.0. The van der Waals surface area contributed by atoms with Gasteiger partial charge in [0.2, 0.25) is 0 Å². The predicted octanol–water partition coefficient (Wildman–Crippen LogP) is 5.52. The van der Waals surface area contributed by atoms with Crippen LogP contribution < -0.4 is 0 Å². The molecular formula is C27H26FN3O4S. The quantitative estimate of drug-likeness (QED) is 0.356. The Labute approximate surface area is 209 Å². The van der Waals surface area contributed by atoms with Gasteiger partial charge in [-0.15, -0.1) is 0 Å². The number of amides is 1. The highest BCUT2D eigenvalue weighted by atomic mass is 32.2. The lowest BCUT2D eigenvalue weighted by molar-refractivity contribution is 0.172. The van der Waals surface area contributed by atoms with E-state index in [1.807, 2.05) is 45.0 Å². The summed E-state index contributed by atoms with van der Waals surface area (Å²) in [6.45, 7) is 5.45. The number of nitrogens with zero attached hydrogens (tertiary/aromatic N) is 3. The number of rotatable bonds is 7. The Balaban J connectivity index is 1.53. The first-order chi connectivity index (χ1) is 17.1. The molecule has 0 saturated heterocycles. The van der Waals surface area contributed by atoms with Gasteiger partial charge in [-0.25, -0.2) is 26.6 Å². The Morgan fingerprint density at radius 2 is 1.56 bits per heavy atom. The Kier molecular flexibility index (Phi) is 6.94. The van der Waals surface area contributed by atoms with Crippen molar-refractivity contribution < 1.29 is 22.7 Å². The van der Waals surface area contributed by atoms with Crippen LogP contribution in [0, 0.1) is 26.6 Å². The number of benzene rings is 3. The summed E-state index contributed by atoms with van der Waals surface area (Å²) in [5.74, 6) is -0.301. The molecule has 1 aromatic heterocycles. The van der Waals surface area contributed by atoms with Crippen molar-refractivity contribution in [1.82, 2.24) is 14.1 Å². The van der Waals surface area contributed by atoms with E-state index >= 15 is 0 Å². The molecule has 1 amide bonds. The molecule has 0 fully saturated rings. The first-order valence-corrected chi connectivity index (χ1v) is 12.8. The van der Waals surface area contributed by atoms with E-state index < -0.39 is 16.1 Å². The van der Waals surface area contributed by atoms with E-state index in [1.54, 1.807) is 28.9 Å². The third-order valence-electron chi connectivity index (χ3n) is 6.03. The summed E-state index contributed by atoms with van der Waals surface area (Å²) in [4.78, 5) is 11.7. The van der Waals surface area contributed by atoms with E-state index in [0.29, 0.717) is 4.31 Å². The number of carbonyl (C=O) groups is 1. The van der Waals surface area contributed by atoms with Crippen LogP contribution in [-0.4, -0.2) is 40.2 Å². The number of aryl methyl sites for hydroxylation is 2. The van der Waals surface area contributed by atoms with Crippen LogP contribution in [-0.2, 0) is 16.4 Å². The third kappa shape index (κ3) is 5.01. The van der Waals surface area contributed by atoms with Crippen LogP contribution in [0.15, 0.2) is 77.7 Å². The molecule has 36 heavy (non-hydrogen) atoms. The van der Waals surface area contributed by atoms with Crippen LogP contribution in [0.25, 0.3) is 16.8 Å². The maximum atomic E-state index is 13.3. The van der Waals surface area contributed by atoms with Crippen molar-refractivity contribution in [3.63, 3.8) is 0 Å². The molecule has 0 aliphatic rings. The highest BCUT2D eigenvalue weighted by Crippen LogP contribution is 2.29. The molecule has 0 aliphatic carbocycles. The average Bonchev–Trinajstić information content (AvgIpc) is 3.14. The average molecular weight is 508 g/mol. The molecule has 9 heteroatoms. The minimum absolute atomic E-state index is 0.0627. The van der Waals surface area contributed by atoms with Gasteiger partial charge >= 0.3 is 6.09 Å². The standard InChI is InChI=1S/C27H26FN3O4S/c1-18-4-14-25(15-5-18)36(34,35)30(27(32)33)17-16-21-6-12-24(13-7-21)31-20(3)26(19(2)29-31)22-8-10-23(28)11-9-22/h4-15H,16-17H2,1-3H3,(H,32,33). The summed E-state index contributed by atoms with van der Waals surface area (Å²) in [5, 5.41) is 14.2. The van der Waals surface area contributed by atoms with E-state index in [4.69, 9.17) is 0 Å². The molecule has 7 nitrogen and oxygen atoms in total. The van der Waals surface area contributed by atoms with E-state index in [2.05, 4.69) is 5.10 Å². The van der Waals surface area contributed by atoms with Crippen molar-refractivity contribution in [3.05, 3.63) is 101 Å². The second kappa shape index (κ2) is 9.94. The van der Waals surface area contributed by atoms with Gasteiger partial charge < -0.3 is 5.11 Å². The summed E-state index contributed by atoms with van der Waals surface area (Å²) in [7, 11) is -4.18. The number of hydrogen-bond donors (Lipinski definition) is 1. The van der Waals surface area contributed by atoms with Crippen molar-refractivity contribution in [3.8, 4) is 16.8 Å². The highest BCUT2D eigenvalue weighted by molar-refractivity contribution is 7.89. The van der Waals surface area contributed by atoms with Crippen molar-refractivity contribution in [2.45, 2.75) is 32.1 Å². The Morgan fingerprint density at radius 1 is 0.944 bits per heavy atom. The van der Waals surface area contributed by atoms with Crippen LogP contribution in [0.3, 0.4) is 0 Å². The lowest BCUT2D eigenvalue weighted by atomic mass is 10.0. The van der Waals surface area contributed by atoms with Gasteiger partial charge in [0, 0.05) is 17.8 Å². The molecule has 3 aromatic carbocycles. The summed E-state index contributed by atoms with van der Waals surface area (Å²) in [6, 6.07) is 19.7. The van der Waals surface area contributed by atoms with Crippen molar-refractivity contribution in [2.75, 3.05) is 6.54 Å². The third-order valence-corrected chi connectivity index (χ3v) is 7.82. The van der Waals surface area contributed by atoms with Crippen LogP contribution in [0.5, 0.6) is 0 Å². The molecule has 0 aliphatic heterocycles. The minimum atomic E-state index is -4.18. The summed E-state index contributed by atoms with van der Waals surface area (Å²) >= 11 is 0. The van der Waals surface area contributed by atoms with Crippen LogP contribution >= 0.6 is 0 Å². The van der Waals surface area contributed by atoms with E-state index in [1.165, 1.54) is 24.3 Å².